The second-order valence-corrected chi connectivity index (χ2v) is 9.33. The van der Waals surface area contributed by atoms with Crippen molar-refractivity contribution in [3.05, 3.63) is 105 Å². The molecule has 0 saturated heterocycles. The van der Waals surface area contributed by atoms with Crippen molar-refractivity contribution in [3.8, 4) is 17.2 Å². The molecule has 0 atom stereocenters. The molecule has 0 saturated carbocycles. The number of aromatic nitrogens is 2. The summed E-state index contributed by atoms with van der Waals surface area (Å²) in [6.45, 7) is 2.03. The summed E-state index contributed by atoms with van der Waals surface area (Å²) in [4.78, 5) is 21.6. The number of hydrogen-bond donors (Lipinski definition) is 1. The number of nitrogens with zero attached hydrogens (tertiary/aromatic N) is 1. The van der Waals surface area contributed by atoms with E-state index in [2.05, 4.69) is 35.3 Å². The fourth-order valence-corrected chi connectivity index (χ4v) is 5.07. The molecule has 3 aromatic carbocycles. The molecular formula is C32H32N2O4. The Labute approximate surface area is 222 Å². The number of ether oxygens (including phenoxy) is 3. The zero-order valence-electron chi connectivity index (χ0n) is 22.3. The Bertz CT molecular complexity index is 1660. The lowest BCUT2D eigenvalue weighted by Crippen LogP contribution is -2.17. The van der Waals surface area contributed by atoms with Gasteiger partial charge in [-0.2, -0.15) is 0 Å². The van der Waals surface area contributed by atoms with Crippen LogP contribution >= 0.6 is 0 Å². The standard InChI is InChI=1S/C32H32N2O4/c1-5-27-25-19-31(38-4)30(37-3)18-24(25)26(32(35)34-27)17-22-15-21-16-23(36-2)12-14-29(21)33-28(22)13-11-20-9-7-6-8-10-20/h6-10,12,14-16,18-19H,5,11,13,17H2,1-4H3,(H,34,35). The molecule has 2 heterocycles. The highest BCUT2D eigenvalue weighted by Gasteiger charge is 2.18. The van der Waals surface area contributed by atoms with Gasteiger partial charge in [0.25, 0.3) is 5.56 Å². The van der Waals surface area contributed by atoms with Crippen LogP contribution < -0.4 is 19.8 Å². The molecule has 0 spiro atoms. The van der Waals surface area contributed by atoms with Gasteiger partial charge in [-0.1, -0.05) is 37.3 Å². The quantitative estimate of drug-likeness (QED) is 0.263. The zero-order valence-corrected chi connectivity index (χ0v) is 22.3. The van der Waals surface area contributed by atoms with Crippen molar-refractivity contribution in [1.29, 1.82) is 0 Å². The van der Waals surface area contributed by atoms with E-state index in [1.54, 1.807) is 21.3 Å². The molecule has 38 heavy (non-hydrogen) atoms. The minimum atomic E-state index is -0.0960. The first-order valence-corrected chi connectivity index (χ1v) is 12.8. The molecule has 5 rings (SSSR count). The van der Waals surface area contributed by atoms with E-state index < -0.39 is 0 Å². The van der Waals surface area contributed by atoms with E-state index in [9.17, 15) is 4.79 Å². The number of pyridine rings is 2. The Hall–Kier alpha value is -4.32. The predicted octanol–water partition coefficient (Wildman–Crippen LogP) is 6.04. The number of aromatic amines is 1. The maximum absolute atomic E-state index is 13.5. The lowest BCUT2D eigenvalue weighted by molar-refractivity contribution is 0.356. The minimum Gasteiger partial charge on any atom is -0.497 e. The number of rotatable bonds is 9. The van der Waals surface area contributed by atoms with Crippen molar-refractivity contribution in [3.63, 3.8) is 0 Å². The third-order valence-corrected chi connectivity index (χ3v) is 7.12. The fourth-order valence-electron chi connectivity index (χ4n) is 5.07. The maximum atomic E-state index is 13.5. The summed E-state index contributed by atoms with van der Waals surface area (Å²) in [7, 11) is 4.89. The average Bonchev–Trinajstić information content (AvgIpc) is 2.96. The van der Waals surface area contributed by atoms with Crippen LogP contribution in [-0.2, 0) is 25.7 Å². The highest BCUT2D eigenvalue weighted by atomic mass is 16.5. The normalized spacial score (nSPS) is 11.2. The number of fused-ring (bicyclic) bond motifs is 2. The van der Waals surface area contributed by atoms with Crippen LogP contribution in [0.1, 0.15) is 35.0 Å². The predicted molar refractivity (Wildman–Crippen MR) is 152 cm³/mol. The van der Waals surface area contributed by atoms with E-state index in [0.29, 0.717) is 29.9 Å². The first-order valence-electron chi connectivity index (χ1n) is 12.8. The van der Waals surface area contributed by atoms with Crippen LogP contribution in [0.2, 0.25) is 0 Å². The maximum Gasteiger partial charge on any atom is 0.252 e. The van der Waals surface area contributed by atoms with Gasteiger partial charge in [0.1, 0.15) is 5.75 Å². The summed E-state index contributed by atoms with van der Waals surface area (Å²) < 4.78 is 16.6. The molecule has 0 radical (unpaired) electrons. The molecule has 6 heteroatoms. The van der Waals surface area contributed by atoms with E-state index >= 15 is 0 Å². The summed E-state index contributed by atoms with van der Waals surface area (Å²) >= 11 is 0. The largest absolute Gasteiger partial charge is 0.497 e. The molecule has 0 amide bonds. The second-order valence-electron chi connectivity index (χ2n) is 9.33. The number of H-pyrrole nitrogens is 1. The van der Waals surface area contributed by atoms with Crippen LogP contribution in [0.3, 0.4) is 0 Å². The SMILES string of the molecule is CCc1[nH]c(=O)c(Cc2cc3cc(OC)ccc3nc2CCc2ccccc2)c2cc(OC)c(OC)cc12. The van der Waals surface area contributed by atoms with Gasteiger partial charge in [0.05, 0.1) is 26.8 Å². The van der Waals surface area contributed by atoms with Crippen molar-refractivity contribution < 1.29 is 14.2 Å². The van der Waals surface area contributed by atoms with Gasteiger partial charge in [-0.15, -0.1) is 0 Å². The van der Waals surface area contributed by atoms with Crippen molar-refractivity contribution >= 4 is 21.7 Å². The molecule has 2 aromatic heterocycles. The van der Waals surface area contributed by atoms with E-state index in [0.717, 1.165) is 57.2 Å². The summed E-state index contributed by atoms with van der Waals surface area (Å²) in [5, 5.41) is 2.80. The van der Waals surface area contributed by atoms with Gasteiger partial charge in [-0.05, 0) is 72.2 Å². The number of nitrogens with one attached hydrogen (secondary N) is 1. The van der Waals surface area contributed by atoms with Gasteiger partial charge in [0.15, 0.2) is 11.5 Å². The smallest absolute Gasteiger partial charge is 0.252 e. The molecule has 1 N–H and O–H groups in total. The number of hydrogen-bond acceptors (Lipinski definition) is 5. The Morgan fingerprint density at radius 1 is 0.816 bits per heavy atom. The van der Waals surface area contributed by atoms with Crippen LogP contribution in [0.4, 0.5) is 0 Å². The molecule has 0 bridgehead atoms. The number of benzene rings is 3. The summed E-state index contributed by atoms with van der Waals surface area (Å²) in [5.41, 5.74) is 5.63. The lowest BCUT2D eigenvalue weighted by atomic mass is 9.94. The van der Waals surface area contributed by atoms with Gasteiger partial charge in [-0.25, -0.2) is 0 Å². The van der Waals surface area contributed by atoms with Gasteiger partial charge < -0.3 is 19.2 Å². The van der Waals surface area contributed by atoms with Crippen molar-refractivity contribution in [1.82, 2.24) is 9.97 Å². The zero-order chi connectivity index (χ0) is 26.6. The topological polar surface area (TPSA) is 73.4 Å². The Kier molecular flexibility index (Phi) is 7.31. The van der Waals surface area contributed by atoms with Crippen LogP contribution in [0.25, 0.3) is 21.7 Å². The highest BCUT2D eigenvalue weighted by molar-refractivity contribution is 5.91. The molecule has 194 valence electrons. The van der Waals surface area contributed by atoms with Crippen LogP contribution in [0, 0.1) is 0 Å². The van der Waals surface area contributed by atoms with E-state index in [4.69, 9.17) is 19.2 Å². The van der Waals surface area contributed by atoms with Crippen molar-refractivity contribution in [2.75, 3.05) is 21.3 Å². The molecule has 5 aromatic rings. The summed E-state index contributed by atoms with van der Waals surface area (Å²) in [5.74, 6) is 2.00. The molecular weight excluding hydrogens is 476 g/mol. The van der Waals surface area contributed by atoms with E-state index in [1.807, 2.05) is 43.3 Å². The van der Waals surface area contributed by atoms with E-state index in [-0.39, 0.29) is 5.56 Å². The highest BCUT2D eigenvalue weighted by Crippen LogP contribution is 2.35. The second kappa shape index (κ2) is 11.0. The van der Waals surface area contributed by atoms with Crippen LogP contribution in [0.15, 0.2) is 71.5 Å². The molecule has 0 fully saturated rings. The first kappa shape index (κ1) is 25.3. The Morgan fingerprint density at radius 2 is 1.55 bits per heavy atom. The first-order chi connectivity index (χ1) is 18.5. The number of methoxy groups -OCH3 is 3. The third kappa shape index (κ3) is 4.94. The molecule has 0 unspecified atom stereocenters. The summed E-state index contributed by atoms with van der Waals surface area (Å²) in [6.07, 6.45) is 2.76. The van der Waals surface area contributed by atoms with Crippen LogP contribution in [-0.4, -0.2) is 31.3 Å². The fraction of sp³-hybridized carbons (Fsp3) is 0.250. The van der Waals surface area contributed by atoms with Gasteiger partial charge in [0, 0.05) is 34.1 Å². The number of aryl methyl sites for hydroxylation is 3. The van der Waals surface area contributed by atoms with Gasteiger partial charge in [-0.3, -0.25) is 9.78 Å². The monoisotopic (exact) mass is 508 g/mol. The molecule has 0 aliphatic heterocycles. The van der Waals surface area contributed by atoms with E-state index in [1.165, 1.54) is 5.56 Å². The molecule has 0 aliphatic carbocycles. The van der Waals surface area contributed by atoms with Crippen molar-refractivity contribution in [2.45, 2.75) is 32.6 Å². The Balaban J connectivity index is 1.67. The molecule has 0 aliphatic rings. The average molecular weight is 509 g/mol. The Morgan fingerprint density at radius 3 is 2.24 bits per heavy atom. The lowest BCUT2D eigenvalue weighted by Gasteiger charge is -2.16. The molecule has 6 nitrogen and oxygen atoms in total. The minimum absolute atomic E-state index is 0.0960. The van der Waals surface area contributed by atoms with Gasteiger partial charge in [0.2, 0.25) is 0 Å². The summed E-state index contributed by atoms with van der Waals surface area (Å²) in [6, 6.07) is 22.3. The van der Waals surface area contributed by atoms with Gasteiger partial charge >= 0.3 is 0 Å². The van der Waals surface area contributed by atoms with Crippen molar-refractivity contribution in [2.24, 2.45) is 0 Å². The third-order valence-electron chi connectivity index (χ3n) is 7.12. The van der Waals surface area contributed by atoms with Crippen LogP contribution in [0.5, 0.6) is 17.2 Å².